The molecule has 14 heteroatoms. The van der Waals surface area contributed by atoms with E-state index in [1.165, 1.54) is 16.8 Å². The first-order valence-electron chi connectivity index (χ1n) is 14.8. The number of hydrogen-bond acceptors (Lipinski definition) is 9. The first-order chi connectivity index (χ1) is 22.4. The van der Waals surface area contributed by atoms with Crippen LogP contribution in [-0.4, -0.2) is 85.7 Å². The zero-order valence-electron chi connectivity index (χ0n) is 25.4. The van der Waals surface area contributed by atoms with E-state index < -0.39 is 11.9 Å². The third kappa shape index (κ3) is 6.80. The van der Waals surface area contributed by atoms with Gasteiger partial charge in [-0.1, -0.05) is 42.5 Å². The molecular formula is C32H33N9O5. The average Bonchev–Trinajstić information content (AvgIpc) is 3.68. The van der Waals surface area contributed by atoms with Gasteiger partial charge in [0.2, 0.25) is 11.8 Å². The van der Waals surface area contributed by atoms with E-state index in [9.17, 15) is 14.4 Å². The molecule has 6 rings (SSSR count). The number of fused-ring (bicyclic) bond motifs is 4. The van der Waals surface area contributed by atoms with Gasteiger partial charge in [0.25, 0.3) is 5.91 Å². The van der Waals surface area contributed by atoms with Gasteiger partial charge in [-0.25, -0.2) is 9.67 Å². The van der Waals surface area contributed by atoms with E-state index in [0.29, 0.717) is 46.3 Å². The van der Waals surface area contributed by atoms with Crippen molar-refractivity contribution in [3.8, 4) is 22.9 Å². The van der Waals surface area contributed by atoms with Crippen LogP contribution in [-0.2, 0) is 22.7 Å². The van der Waals surface area contributed by atoms with Crippen molar-refractivity contribution in [3.05, 3.63) is 84.2 Å². The van der Waals surface area contributed by atoms with Gasteiger partial charge in [0.15, 0.2) is 17.3 Å². The fraction of sp³-hybridized carbons (Fsp3) is 0.281. The summed E-state index contributed by atoms with van der Waals surface area (Å²) in [5, 5.41) is 19.2. The van der Waals surface area contributed by atoms with Crippen LogP contribution in [0, 0.1) is 0 Å². The maximum absolute atomic E-state index is 13.5. The van der Waals surface area contributed by atoms with E-state index in [1.54, 1.807) is 41.9 Å². The second-order valence-electron chi connectivity index (χ2n) is 10.7. The highest BCUT2D eigenvalue weighted by molar-refractivity contribution is 5.95. The molecule has 2 bridgehead atoms. The van der Waals surface area contributed by atoms with Gasteiger partial charge in [0.1, 0.15) is 30.0 Å². The standard InChI is InChI=1S/C32H33N9O5/c1-21-31-35-30(22-8-4-3-5-9-22)38-40(31)16-17-46-27-18-23(12-13-26(27)45-2)32(44)33-14-15-39(19-28(42)34-21)29(43)20-41-36-24-10-6-7-11-25(24)37-41/h3-13,18,21H,14-17,19-20H2,1-2H3,(H,33,44)(H,34,42)/t21-/m1/s1. The lowest BCUT2D eigenvalue weighted by Crippen LogP contribution is -2.46. The molecule has 0 saturated heterocycles. The summed E-state index contributed by atoms with van der Waals surface area (Å²) in [5.41, 5.74) is 2.48. The first kappa shape index (κ1) is 30.2. The molecule has 46 heavy (non-hydrogen) atoms. The molecule has 0 saturated carbocycles. The summed E-state index contributed by atoms with van der Waals surface area (Å²) >= 11 is 0. The van der Waals surface area contributed by atoms with Crippen molar-refractivity contribution in [3.63, 3.8) is 0 Å². The lowest BCUT2D eigenvalue weighted by molar-refractivity contribution is -0.137. The van der Waals surface area contributed by atoms with E-state index in [4.69, 9.17) is 19.6 Å². The summed E-state index contributed by atoms with van der Waals surface area (Å²) in [6.45, 7) is 2.02. The highest BCUT2D eigenvalue weighted by Gasteiger charge is 2.24. The molecule has 5 aromatic rings. The Balaban J connectivity index is 1.29. The van der Waals surface area contributed by atoms with Gasteiger partial charge in [-0.15, -0.1) is 0 Å². The van der Waals surface area contributed by atoms with Gasteiger partial charge in [0, 0.05) is 24.2 Å². The van der Waals surface area contributed by atoms with Crippen molar-refractivity contribution in [1.82, 2.24) is 45.3 Å². The maximum atomic E-state index is 13.5. The monoisotopic (exact) mass is 623 g/mol. The molecule has 0 radical (unpaired) electrons. The molecule has 3 aromatic carbocycles. The average molecular weight is 624 g/mol. The zero-order chi connectivity index (χ0) is 32.0. The third-order valence-electron chi connectivity index (χ3n) is 7.44. The predicted octanol–water partition coefficient (Wildman–Crippen LogP) is 2.23. The van der Waals surface area contributed by atoms with Crippen LogP contribution in [0.25, 0.3) is 22.4 Å². The quantitative estimate of drug-likeness (QED) is 0.306. The summed E-state index contributed by atoms with van der Waals surface area (Å²) in [5.74, 6) is 0.718. The molecule has 0 aliphatic carbocycles. The van der Waals surface area contributed by atoms with Crippen LogP contribution in [0.3, 0.4) is 0 Å². The predicted molar refractivity (Wildman–Crippen MR) is 167 cm³/mol. The number of ether oxygens (including phenoxy) is 2. The molecule has 1 atom stereocenters. The van der Waals surface area contributed by atoms with Crippen LogP contribution in [0.4, 0.5) is 0 Å². The second-order valence-corrected chi connectivity index (χ2v) is 10.7. The molecule has 14 nitrogen and oxygen atoms in total. The van der Waals surface area contributed by atoms with Crippen LogP contribution >= 0.6 is 0 Å². The topological polar surface area (TPSA) is 158 Å². The summed E-state index contributed by atoms with van der Waals surface area (Å²) < 4.78 is 13.2. The van der Waals surface area contributed by atoms with Gasteiger partial charge in [-0.3, -0.25) is 14.4 Å². The van der Waals surface area contributed by atoms with E-state index in [-0.39, 0.29) is 44.6 Å². The van der Waals surface area contributed by atoms with Crippen molar-refractivity contribution >= 4 is 28.8 Å². The van der Waals surface area contributed by atoms with E-state index in [1.807, 2.05) is 42.5 Å². The lowest BCUT2D eigenvalue weighted by atomic mass is 10.2. The van der Waals surface area contributed by atoms with Crippen molar-refractivity contribution in [1.29, 1.82) is 0 Å². The van der Waals surface area contributed by atoms with Gasteiger partial charge in [-0.05, 0) is 37.3 Å². The van der Waals surface area contributed by atoms with Gasteiger partial charge >= 0.3 is 0 Å². The van der Waals surface area contributed by atoms with E-state index in [0.717, 1.165) is 5.56 Å². The number of carbonyl (C=O) groups is 3. The summed E-state index contributed by atoms with van der Waals surface area (Å²) in [6, 6.07) is 21.2. The molecule has 2 aromatic heterocycles. The van der Waals surface area contributed by atoms with Crippen LogP contribution in [0.15, 0.2) is 72.8 Å². The minimum Gasteiger partial charge on any atom is -0.493 e. The van der Waals surface area contributed by atoms with Crippen LogP contribution in [0.1, 0.15) is 29.1 Å². The molecule has 2 N–H and O–H groups in total. The lowest BCUT2D eigenvalue weighted by Gasteiger charge is -2.23. The summed E-state index contributed by atoms with van der Waals surface area (Å²) in [7, 11) is 1.52. The van der Waals surface area contributed by atoms with Crippen LogP contribution in [0.5, 0.6) is 11.5 Å². The maximum Gasteiger partial charge on any atom is 0.251 e. The largest absolute Gasteiger partial charge is 0.493 e. The molecule has 0 unspecified atom stereocenters. The van der Waals surface area contributed by atoms with Crippen LogP contribution in [0.2, 0.25) is 0 Å². The molecule has 3 amide bonds. The number of carbonyl (C=O) groups excluding carboxylic acids is 3. The van der Waals surface area contributed by atoms with Gasteiger partial charge < -0.3 is 25.0 Å². The Bertz CT molecular complexity index is 1840. The molecule has 0 spiro atoms. The Kier molecular flexibility index (Phi) is 8.85. The summed E-state index contributed by atoms with van der Waals surface area (Å²) in [4.78, 5) is 47.4. The highest BCUT2D eigenvalue weighted by atomic mass is 16.5. The number of aromatic nitrogens is 6. The Morgan fingerprint density at radius 3 is 2.43 bits per heavy atom. The molecule has 3 heterocycles. The normalized spacial score (nSPS) is 16.1. The Morgan fingerprint density at radius 1 is 0.957 bits per heavy atom. The number of methoxy groups -OCH3 is 1. The van der Waals surface area contributed by atoms with Crippen LogP contribution < -0.4 is 20.1 Å². The second kappa shape index (κ2) is 13.5. The number of nitrogens with one attached hydrogen (secondary N) is 2. The molecule has 1 aliphatic heterocycles. The SMILES string of the molecule is COc1ccc2cc1OCCn1nc(-c3ccccc3)nc1[C@@H](C)NC(=O)CN(C(=O)Cn1nc3ccccc3n1)CCNC2=O. The van der Waals surface area contributed by atoms with Crippen molar-refractivity contribution in [2.45, 2.75) is 26.1 Å². The Hall–Kier alpha value is -5.79. The Labute approximate surface area is 264 Å². The third-order valence-corrected chi connectivity index (χ3v) is 7.44. The van der Waals surface area contributed by atoms with Gasteiger partial charge in [-0.2, -0.15) is 20.1 Å². The fourth-order valence-corrected chi connectivity index (χ4v) is 5.14. The van der Waals surface area contributed by atoms with Crippen molar-refractivity contribution < 1.29 is 23.9 Å². The molecule has 236 valence electrons. The highest BCUT2D eigenvalue weighted by Crippen LogP contribution is 2.28. The summed E-state index contributed by atoms with van der Waals surface area (Å²) in [6.07, 6.45) is 0. The Morgan fingerprint density at radius 2 is 1.70 bits per heavy atom. The number of nitrogens with zero attached hydrogens (tertiary/aromatic N) is 7. The number of rotatable bonds is 4. The molecular weight excluding hydrogens is 590 g/mol. The van der Waals surface area contributed by atoms with Crippen molar-refractivity contribution in [2.75, 3.05) is 33.4 Å². The first-order valence-corrected chi connectivity index (χ1v) is 14.8. The zero-order valence-corrected chi connectivity index (χ0v) is 25.4. The minimum absolute atomic E-state index is 0.0704. The van der Waals surface area contributed by atoms with E-state index >= 15 is 0 Å². The smallest absolute Gasteiger partial charge is 0.251 e. The molecule has 0 fully saturated rings. The van der Waals surface area contributed by atoms with E-state index in [2.05, 4.69) is 20.8 Å². The molecule has 1 aliphatic rings. The number of hydrogen-bond donors (Lipinski definition) is 2. The fourth-order valence-electron chi connectivity index (χ4n) is 5.14. The number of benzene rings is 3. The van der Waals surface area contributed by atoms with Gasteiger partial charge in [0.05, 0.1) is 26.2 Å². The number of amides is 3. The minimum atomic E-state index is -0.555. The van der Waals surface area contributed by atoms with Crippen molar-refractivity contribution in [2.24, 2.45) is 0 Å².